The third-order valence-corrected chi connectivity index (χ3v) is 3.19. The molecule has 0 unspecified atom stereocenters. The first-order valence-electron chi connectivity index (χ1n) is 6.51. The third kappa shape index (κ3) is 2.64. The van der Waals surface area contributed by atoms with Crippen LogP contribution in [0.3, 0.4) is 0 Å². The number of hydrogen-bond acceptors (Lipinski definition) is 5. The molecule has 3 rings (SSSR count). The number of pyridine rings is 1. The number of carbonyl (C=O) groups is 1. The van der Waals surface area contributed by atoms with Crippen molar-refractivity contribution in [1.29, 1.82) is 0 Å². The molecular weight excluding hydrogens is 284 g/mol. The first-order valence-corrected chi connectivity index (χ1v) is 6.51. The van der Waals surface area contributed by atoms with E-state index in [1.807, 2.05) is 0 Å². The summed E-state index contributed by atoms with van der Waals surface area (Å²) in [5.41, 5.74) is 7.11. The Morgan fingerprint density at radius 3 is 2.64 bits per heavy atom. The van der Waals surface area contributed by atoms with Gasteiger partial charge in [-0.3, -0.25) is 18.9 Å². The predicted octanol–water partition coefficient (Wildman–Crippen LogP) is 1.05. The SMILES string of the molecule is NC(=O)c1ccc(Cn2c(-c3cccnc3)noc2=O)cc1. The standard InChI is InChI=1S/C15H12N4O3/c16-13(20)11-5-3-10(4-6-11)9-19-14(18-22-15(19)21)12-2-1-7-17-8-12/h1-8H,9H2,(H2,16,20). The second-order valence-electron chi connectivity index (χ2n) is 4.66. The molecule has 22 heavy (non-hydrogen) atoms. The maximum absolute atomic E-state index is 11.8. The van der Waals surface area contributed by atoms with Crippen LogP contribution in [0.25, 0.3) is 11.4 Å². The van der Waals surface area contributed by atoms with Crippen LogP contribution in [0.1, 0.15) is 15.9 Å². The van der Waals surface area contributed by atoms with Crippen molar-refractivity contribution in [2.75, 3.05) is 0 Å². The number of amides is 1. The zero-order valence-corrected chi connectivity index (χ0v) is 11.5. The smallest absolute Gasteiger partial charge is 0.366 e. The lowest BCUT2D eigenvalue weighted by Gasteiger charge is -2.05. The maximum Gasteiger partial charge on any atom is 0.442 e. The van der Waals surface area contributed by atoms with Crippen LogP contribution in [-0.4, -0.2) is 20.6 Å². The Balaban J connectivity index is 1.94. The van der Waals surface area contributed by atoms with Crippen molar-refractivity contribution >= 4 is 5.91 Å². The molecule has 0 aliphatic rings. The van der Waals surface area contributed by atoms with Gasteiger partial charge < -0.3 is 5.73 Å². The van der Waals surface area contributed by atoms with Gasteiger partial charge in [0.05, 0.1) is 6.54 Å². The Morgan fingerprint density at radius 2 is 2.00 bits per heavy atom. The lowest BCUT2D eigenvalue weighted by Crippen LogP contribution is -2.16. The van der Waals surface area contributed by atoms with Gasteiger partial charge in [-0.05, 0) is 29.8 Å². The number of benzene rings is 1. The molecule has 0 fully saturated rings. The van der Waals surface area contributed by atoms with Crippen molar-refractivity contribution in [3.05, 3.63) is 70.5 Å². The first kappa shape index (κ1) is 13.7. The van der Waals surface area contributed by atoms with E-state index in [1.165, 1.54) is 4.57 Å². The molecular formula is C15H12N4O3. The summed E-state index contributed by atoms with van der Waals surface area (Å²) in [4.78, 5) is 26.9. The summed E-state index contributed by atoms with van der Waals surface area (Å²) in [6, 6.07) is 10.2. The van der Waals surface area contributed by atoms with E-state index in [0.29, 0.717) is 17.0 Å². The van der Waals surface area contributed by atoms with E-state index in [9.17, 15) is 9.59 Å². The van der Waals surface area contributed by atoms with E-state index in [0.717, 1.165) is 5.56 Å². The van der Waals surface area contributed by atoms with Crippen LogP contribution in [0.15, 0.2) is 58.1 Å². The molecule has 2 N–H and O–H groups in total. The van der Waals surface area contributed by atoms with E-state index >= 15 is 0 Å². The van der Waals surface area contributed by atoms with Gasteiger partial charge in [0.1, 0.15) is 0 Å². The van der Waals surface area contributed by atoms with Crippen LogP contribution in [0.2, 0.25) is 0 Å². The number of hydrogen-bond donors (Lipinski definition) is 1. The van der Waals surface area contributed by atoms with Crippen LogP contribution < -0.4 is 11.5 Å². The quantitative estimate of drug-likeness (QED) is 0.774. The molecule has 7 heteroatoms. The van der Waals surface area contributed by atoms with Gasteiger partial charge in [-0.1, -0.05) is 17.3 Å². The molecule has 110 valence electrons. The molecule has 0 aliphatic carbocycles. The van der Waals surface area contributed by atoms with Crippen LogP contribution in [0.4, 0.5) is 0 Å². The molecule has 3 aromatic rings. The Hall–Kier alpha value is -3.22. The largest absolute Gasteiger partial charge is 0.442 e. The molecule has 0 radical (unpaired) electrons. The summed E-state index contributed by atoms with van der Waals surface area (Å²) in [6.45, 7) is 0.269. The monoisotopic (exact) mass is 296 g/mol. The predicted molar refractivity (Wildman–Crippen MR) is 78.1 cm³/mol. The van der Waals surface area contributed by atoms with Crippen molar-refractivity contribution < 1.29 is 9.32 Å². The minimum atomic E-state index is -0.558. The zero-order chi connectivity index (χ0) is 15.5. The number of aromatic nitrogens is 3. The van der Waals surface area contributed by atoms with Gasteiger partial charge in [-0.2, -0.15) is 0 Å². The second-order valence-corrected chi connectivity index (χ2v) is 4.66. The topological polar surface area (TPSA) is 104 Å². The number of carbonyl (C=O) groups excluding carboxylic acids is 1. The summed E-state index contributed by atoms with van der Waals surface area (Å²) in [6.07, 6.45) is 3.23. The van der Waals surface area contributed by atoms with Crippen molar-refractivity contribution in [3.8, 4) is 11.4 Å². The van der Waals surface area contributed by atoms with E-state index in [2.05, 4.69) is 10.1 Å². The van der Waals surface area contributed by atoms with Crippen LogP contribution in [0.5, 0.6) is 0 Å². The van der Waals surface area contributed by atoms with Crippen LogP contribution in [0, 0.1) is 0 Å². The lowest BCUT2D eigenvalue weighted by molar-refractivity contribution is 0.100. The molecule has 7 nitrogen and oxygen atoms in total. The minimum absolute atomic E-state index is 0.269. The highest BCUT2D eigenvalue weighted by molar-refractivity contribution is 5.92. The summed E-state index contributed by atoms with van der Waals surface area (Å²) < 4.78 is 6.14. The van der Waals surface area contributed by atoms with E-state index in [1.54, 1.807) is 48.8 Å². The number of nitrogens with two attached hydrogens (primary N) is 1. The lowest BCUT2D eigenvalue weighted by atomic mass is 10.1. The van der Waals surface area contributed by atoms with Gasteiger partial charge in [0, 0.05) is 23.5 Å². The van der Waals surface area contributed by atoms with Gasteiger partial charge in [0.15, 0.2) is 5.82 Å². The highest BCUT2D eigenvalue weighted by Gasteiger charge is 2.13. The summed E-state index contributed by atoms with van der Waals surface area (Å²) in [7, 11) is 0. The van der Waals surface area contributed by atoms with Gasteiger partial charge in [0.2, 0.25) is 5.91 Å². The fourth-order valence-electron chi connectivity index (χ4n) is 2.07. The van der Waals surface area contributed by atoms with Gasteiger partial charge in [-0.25, -0.2) is 4.79 Å². The first-order chi connectivity index (χ1) is 10.6. The third-order valence-electron chi connectivity index (χ3n) is 3.19. The molecule has 0 atom stereocenters. The van der Waals surface area contributed by atoms with Gasteiger partial charge in [0.25, 0.3) is 0 Å². The number of rotatable bonds is 4. The van der Waals surface area contributed by atoms with Crippen molar-refractivity contribution in [3.63, 3.8) is 0 Å². The summed E-state index contributed by atoms with van der Waals surface area (Å²) >= 11 is 0. The molecule has 2 aromatic heterocycles. The maximum atomic E-state index is 11.8. The van der Waals surface area contributed by atoms with E-state index < -0.39 is 11.7 Å². The van der Waals surface area contributed by atoms with E-state index in [-0.39, 0.29) is 6.54 Å². The minimum Gasteiger partial charge on any atom is -0.366 e. The summed E-state index contributed by atoms with van der Waals surface area (Å²) in [5.74, 6) is -0.653. The fraction of sp³-hybridized carbons (Fsp3) is 0.0667. The van der Waals surface area contributed by atoms with Gasteiger partial charge in [-0.15, -0.1) is 0 Å². The Morgan fingerprint density at radius 1 is 1.23 bits per heavy atom. The molecule has 0 saturated carbocycles. The fourth-order valence-corrected chi connectivity index (χ4v) is 2.07. The zero-order valence-electron chi connectivity index (χ0n) is 11.5. The molecule has 0 spiro atoms. The molecule has 1 aromatic carbocycles. The molecule has 0 aliphatic heterocycles. The normalized spacial score (nSPS) is 10.5. The highest BCUT2D eigenvalue weighted by Crippen LogP contribution is 2.15. The average molecular weight is 296 g/mol. The molecule has 0 bridgehead atoms. The molecule has 2 heterocycles. The highest BCUT2D eigenvalue weighted by atomic mass is 16.5. The van der Waals surface area contributed by atoms with Crippen LogP contribution >= 0.6 is 0 Å². The van der Waals surface area contributed by atoms with Crippen LogP contribution in [-0.2, 0) is 6.54 Å². The Kier molecular flexibility index (Phi) is 3.53. The number of primary amides is 1. The average Bonchev–Trinajstić information content (AvgIpc) is 2.90. The summed E-state index contributed by atoms with van der Waals surface area (Å²) in [5, 5.41) is 3.79. The van der Waals surface area contributed by atoms with Crippen molar-refractivity contribution in [1.82, 2.24) is 14.7 Å². The second kappa shape index (κ2) is 5.65. The van der Waals surface area contributed by atoms with Crippen molar-refractivity contribution in [2.45, 2.75) is 6.54 Å². The number of nitrogens with zero attached hydrogens (tertiary/aromatic N) is 3. The molecule has 0 saturated heterocycles. The van der Waals surface area contributed by atoms with Gasteiger partial charge >= 0.3 is 5.76 Å². The van der Waals surface area contributed by atoms with E-state index in [4.69, 9.17) is 10.3 Å². The van der Waals surface area contributed by atoms with Crippen molar-refractivity contribution in [2.24, 2.45) is 5.73 Å². The Bertz CT molecular complexity index is 850. The molecule has 1 amide bonds. The Labute approximate surface area is 125 Å².